The molecule has 9 heteroatoms. The van der Waals surface area contributed by atoms with E-state index in [0.29, 0.717) is 28.1 Å². The van der Waals surface area contributed by atoms with Crippen molar-refractivity contribution >= 4 is 35.2 Å². The van der Waals surface area contributed by atoms with Gasteiger partial charge in [0.1, 0.15) is 25.3 Å². The Balaban J connectivity index is 1.31. The van der Waals surface area contributed by atoms with E-state index in [9.17, 15) is 9.18 Å². The first-order valence-electron chi connectivity index (χ1n) is 11.8. The molecule has 1 aliphatic heterocycles. The Kier molecular flexibility index (Phi) is 8.67. The van der Waals surface area contributed by atoms with E-state index in [-0.39, 0.29) is 19.0 Å². The molecule has 0 spiro atoms. The van der Waals surface area contributed by atoms with Crippen LogP contribution in [0.15, 0.2) is 48.7 Å². The van der Waals surface area contributed by atoms with E-state index in [1.807, 2.05) is 17.9 Å². The number of carbonyl (C=O) groups excluding carboxylic acids is 1. The van der Waals surface area contributed by atoms with Crippen molar-refractivity contribution in [2.45, 2.75) is 32.4 Å². The highest BCUT2D eigenvalue weighted by Gasteiger charge is 2.28. The fraction of sp³-hybridized carbons (Fsp3) is 0.333. The average molecular weight is 532 g/mol. The number of anilines is 1. The summed E-state index contributed by atoms with van der Waals surface area (Å²) in [5.74, 6) is 0.140. The molecule has 0 aliphatic carbocycles. The summed E-state index contributed by atoms with van der Waals surface area (Å²) in [7, 11) is 0. The zero-order chi connectivity index (χ0) is 25.7. The normalized spacial score (nSPS) is 14.6. The first-order valence-corrected chi connectivity index (χ1v) is 12.5. The standard InChI is InChI=1S/C27H28Cl2FN3O3/c1-17-11-22(28)26(23(29)12-17)36-10-9-35-25-7-4-18(15-32-25)13-20(16-34)27(31)33-8-2-3-19-14-21(30)5-6-24(19)33/h4-7,11-12,14-16,20,27H,2-3,8-10,13,31H2,1H3. The molecule has 2 atom stereocenters. The van der Waals surface area contributed by atoms with Crippen molar-refractivity contribution in [2.75, 3.05) is 24.7 Å². The van der Waals surface area contributed by atoms with Crippen LogP contribution in [0.1, 0.15) is 23.1 Å². The third-order valence-electron chi connectivity index (χ3n) is 6.16. The maximum Gasteiger partial charge on any atom is 0.213 e. The predicted octanol–water partition coefficient (Wildman–Crippen LogP) is 5.39. The van der Waals surface area contributed by atoms with Gasteiger partial charge in [0.05, 0.1) is 22.1 Å². The van der Waals surface area contributed by atoms with E-state index in [1.54, 1.807) is 36.5 Å². The number of rotatable bonds is 10. The quantitative estimate of drug-likeness (QED) is 0.279. The molecule has 0 amide bonds. The summed E-state index contributed by atoms with van der Waals surface area (Å²) in [4.78, 5) is 18.3. The van der Waals surface area contributed by atoms with Crippen molar-refractivity contribution in [1.82, 2.24) is 4.98 Å². The van der Waals surface area contributed by atoms with Gasteiger partial charge in [-0.2, -0.15) is 0 Å². The monoisotopic (exact) mass is 531 g/mol. The molecule has 190 valence electrons. The van der Waals surface area contributed by atoms with Gasteiger partial charge in [-0.1, -0.05) is 29.3 Å². The van der Waals surface area contributed by atoms with Crippen LogP contribution in [0.2, 0.25) is 10.0 Å². The first-order chi connectivity index (χ1) is 17.4. The zero-order valence-electron chi connectivity index (χ0n) is 19.9. The number of nitrogens with two attached hydrogens (primary N) is 1. The molecule has 2 unspecified atom stereocenters. The van der Waals surface area contributed by atoms with Gasteiger partial charge in [0.2, 0.25) is 5.88 Å². The third kappa shape index (κ3) is 6.27. The highest BCUT2D eigenvalue weighted by Crippen LogP contribution is 2.34. The van der Waals surface area contributed by atoms with Crippen LogP contribution >= 0.6 is 23.2 Å². The van der Waals surface area contributed by atoms with Crippen molar-refractivity contribution in [3.63, 3.8) is 0 Å². The van der Waals surface area contributed by atoms with Crippen LogP contribution in [-0.2, 0) is 17.6 Å². The lowest BCUT2D eigenvalue weighted by molar-refractivity contribution is -0.111. The number of aryl methyl sites for hydroxylation is 2. The molecular formula is C27H28Cl2FN3O3. The fourth-order valence-corrected chi connectivity index (χ4v) is 5.09. The minimum absolute atomic E-state index is 0.245. The zero-order valence-corrected chi connectivity index (χ0v) is 21.4. The molecule has 0 saturated carbocycles. The van der Waals surface area contributed by atoms with Crippen molar-refractivity contribution in [2.24, 2.45) is 11.7 Å². The van der Waals surface area contributed by atoms with E-state index in [4.69, 9.17) is 38.4 Å². The predicted molar refractivity (Wildman–Crippen MR) is 140 cm³/mol. The van der Waals surface area contributed by atoms with Gasteiger partial charge in [0.25, 0.3) is 0 Å². The van der Waals surface area contributed by atoms with Gasteiger partial charge in [-0.25, -0.2) is 9.37 Å². The van der Waals surface area contributed by atoms with Crippen LogP contribution in [0.25, 0.3) is 0 Å². The molecule has 0 saturated heterocycles. The van der Waals surface area contributed by atoms with Gasteiger partial charge in [-0.3, -0.25) is 0 Å². The lowest BCUT2D eigenvalue weighted by Crippen LogP contribution is -2.50. The Hall–Kier alpha value is -2.87. The molecule has 2 aromatic carbocycles. The van der Waals surface area contributed by atoms with Gasteiger partial charge < -0.3 is 24.9 Å². The minimum atomic E-state index is -0.527. The molecule has 1 aliphatic rings. The second kappa shape index (κ2) is 11.9. The number of hydrogen-bond acceptors (Lipinski definition) is 6. The summed E-state index contributed by atoms with van der Waals surface area (Å²) in [6.45, 7) is 3.12. The lowest BCUT2D eigenvalue weighted by Gasteiger charge is -2.38. The minimum Gasteiger partial charge on any atom is -0.487 e. The van der Waals surface area contributed by atoms with E-state index < -0.39 is 12.1 Å². The Bertz CT molecular complexity index is 1190. The smallest absolute Gasteiger partial charge is 0.213 e. The van der Waals surface area contributed by atoms with Gasteiger partial charge >= 0.3 is 0 Å². The van der Waals surface area contributed by atoms with Crippen LogP contribution in [-0.4, -0.2) is 37.2 Å². The molecule has 0 radical (unpaired) electrons. The molecule has 6 nitrogen and oxygen atoms in total. The van der Waals surface area contributed by atoms with Gasteiger partial charge in [-0.15, -0.1) is 0 Å². The number of halogens is 3. The Labute approximate surface area is 220 Å². The van der Waals surface area contributed by atoms with E-state index in [2.05, 4.69) is 4.98 Å². The van der Waals surface area contributed by atoms with Crippen molar-refractivity contribution in [3.05, 3.63) is 81.2 Å². The van der Waals surface area contributed by atoms with Crippen LogP contribution in [0.4, 0.5) is 10.1 Å². The second-order valence-electron chi connectivity index (χ2n) is 8.82. The topological polar surface area (TPSA) is 77.7 Å². The average Bonchev–Trinajstić information content (AvgIpc) is 2.86. The lowest BCUT2D eigenvalue weighted by atomic mass is 9.94. The summed E-state index contributed by atoms with van der Waals surface area (Å²) < 4.78 is 25.0. The summed E-state index contributed by atoms with van der Waals surface area (Å²) in [5, 5.41) is 0.899. The number of carbonyl (C=O) groups is 1. The maximum absolute atomic E-state index is 13.6. The summed E-state index contributed by atoms with van der Waals surface area (Å²) in [5.41, 5.74) is 10.1. The second-order valence-corrected chi connectivity index (χ2v) is 9.64. The number of pyridine rings is 1. The molecular weight excluding hydrogens is 504 g/mol. The van der Waals surface area contributed by atoms with Crippen LogP contribution in [0.3, 0.4) is 0 Å². The Morgan fingerprint density at radius 3 is 2.58 bits per heavy atom. The number of aromatic nitrogens is 1. The van der Waals surface area contributed by atoms with Crippen molar-refractivity contribution < 1.29 is 18.7 Å². The summed E-state index contributed by atoms with van der Waals surface area (Å²) in [6, 6.07) is 11.9. The largest absolute Gasteiger partial charge is 0.487 e. The highest BCUT2D eigenvalue weighted by atomic mass is 35.5. The van der Waals surface area contributed by atoms with Crippen molar-refractivity contribution in [3.8, 4) is 11.6 Å². The highest BCUT2D eigenvalue weighted by molar-refractivity contribution is 6.37. The number of nitrogens with zero attached hydrogens (tertiary/aromatic N) is 2. The number of fused-ring (bicyclic) bond motifs is 1. The Morgan fingerprint density at radius 1 is 1.14 bits per heavy atom. The van der Waals surface area contributed by atoms with Crippen molar-refractivity contribution in [1.29, 1.82) is 0 Å². The SMILES string of the molecule is Cc1cc(Cl)c(OCCOc2ccc(CC(C=O)C(N)N3CCCc4cc(F)ccc43)cn2)c(Cl)c1. The maximum atomic E-state index is 13.6. The number of aldehydes is 1. The molecule has 4 rings (SSSR count). The van der Waals surface area contributed by atoms with Crippen LogP contribution < -0.4 is 20.1 Å². The molecule has 1 aromatic heterocycles. The van der Waals surface area contributed by atoms with E-state index >= 15 is 0 Å². The molecule has 0 bridgehead atoms. The number of benzene rings is 2. The van der Waals surface area contributed by atoms with Gasteiger partial charge in [0.15, 0.2) is 5.75 Å². The number of hydrogen-bond donors (Lipinski definition) is 1. The molecule has 2 heterocycles. The molecule has 0 fully saturated rings. The Morgan fingerprint density at radius 2 is 1.89 bits per heavy atom. The number of ether oxygens (including phenoxy) is 2. The fourth-order valence-electron chi connectivity index (χ4n) is 4.39. The summed E-state index contributed by atoms with van der Waals surface area (Å²) >= 11 is 12.4. The molecule has 3 aromatic rings. The van der Waals surface area contributed by atoms with Crippen LogP contribution in [0.5, 0.6) is 11.6 Å². The molecule has 36 heavy (non-hydrogen) atoms. The third-order valence-corrected chi connectivity index (χ3v) is 6.72. The van der Waals surface area contributed by atoms with E-state index in [0.717, 1.165) is 48.1 Å². The van der Waals surface area contributed by atoms with Gasteiger partial charge in [0, 0.05) is 24.5 Å². The summed E-state index contributed by atoms with van der Waals surface area (Å²) in [6.07, 6.45) is 4.11. The van der Waals surface area contributed by atoms with Gasteiger partial charge in [-0.05, 0) is 73.2 Å². The molecule has 2 N–H and O–H groups in total. The first kappa shape index (κ1) is 26.2. The van der Waals surface area contributed by atoms with E-state index in [1.165, 1.54) is 6.07 Å². The van der Waals surface area contributed by atoms with Crippen LogP contribution in [0, 0.1) is 18.7 Å².